The third kappa shape index (κ3) is 3.29. The molecule has 3 aliphatic rings. The first-order chi connectivity index (χ1) is 15.4. The van der Waals surface area contributed by atoms with Gasteiger partial charge in [0.25, 0.3) is 0 Å². The predicted octanol–water partition coefficient (Wildman–Crippen LogP) is 3.52. The van der Waals surface area contributed by atoms with Crippen molar-refractivity contribution >= 4 is 23.3 Å². The summed E-state index contributed by atoms with van der Waals surface area (Å²) in [5.74, 6) is 1.57. The summed E-state index contributed by atoms with van der Waals surface area (Å²) >= 11 is 6.34. The van der Waals surface area contributed by atoms with Gasteiger partial charge in [-0.2, -0.15) is 10.4 Å². The zero-order valence-electron chi connectivity index (χ0n) is 17.6. The summed E-state index contributed by atoms with van der Waals surface area (Å²) in [6.07, 6.45) is 4.05. The lowest BCUT2D eigenvalue weighted by Gasteiger charge is -2.61. The standard InChI is InChI=1S/C21H21ClN8O2/c1-12-7-14-10-21(9-12,19-27-26-17(32-19)5-6-23)30(14)20(31)25-13-3-4-16(22)15(8-13)18-24-11-29(2)28-18/h3-4,8,11-12,14H,5,7,9-10H2,1-2H3,(H,25,31). The van der Waals surface area contributed by atoms with Crippen LogP contribution in [-0.2, 0) is 19.0 Å². The second-order valence-electron chi connectivity index (χ2n) is 8.51. The van der Waals surface area contributed by atoms with E-state index < -0.39 is 5.54 Å². The third-order valence-corrected chi connectivity index (χ3v) is 6.46. The number of carbonyl (C=O) groups is 1. The molecule has 32 heavy (non-hydrogen) atoms. The van der Waals surface area contributed by atoms with Crippen LogP contribution < -0.4 is 5.32 Å². The number of hydrogen-bond donors (Lipinski definition) is 1. The molecule has 1 aliphatic carbocycles. The molecule has 2 amide bonds. The van der Waals surface area contributed by atoms with Crippen molar-refractivity contribution in [3.63, 3.8) is 0 Å². The van der Waals surface area contributed by atoms with E-state index in [2.05, 4.69) is 32.5 Å². The number of halogens is 1. The van der Waals surface area contributed by atoms with Crippen molar-refractivity contribution in [3.8, 4) is 17.5 Å². The highest BCUT2D eigenvalue weighted by atomic mass is 35.5. The van der Waals surface area contributed by atoms with Gasteiger partial charge in [0.1, 0.15) is 18.3 Å². The number of amides is 2. The first-order valence-corrected chi connectivity index (χ1v) is 10.7. The van der Waals surface area contributed by atoms with Crippen LogP contribution in [0.3, 0.4) is 0 Å². The molecule has 3 aromatic rings. The number of nitrogens with one attached hydrogen (secondary N) is 1. The Balaban J connectivity index is 1.42. The second-order valence-corrected chi connectivity index (χ2v) is 8.91. The lowest BCUT2D eigenvalue weighted by atomic mass is 9.64. The first-order valence-electron chi connectivity index (χ1n) is 10.4. The molecule has 1 N–H and O–H groups in total. The van der Waals surface area contributed by atoms with E-state index in [9.17, 15) is 4.79 Å². The smallest absolute Gasteiger partial charge is 0.323 e. The van der Waals surface area contributed by atoms with E-state index in [1.165, 1.54) is 0 Å². The topological polar surface area (TPSA) is 126 Å². The van der Waals surface area contributed by atoms with E-state index >= 15 is 0 Å². The Labute approximate surface area is 189 Å². The molecule has 10 nitrogen and oxygen atoms in total. The SMILES string of the molecule is CC1CC2CC(c3nnc(CC#N)o3)(C1)N2C(=O)Nc1ccc(Cl)c(-c2ncn(C)n2)c1. The van der Waals surface area contributed by atoms with Crippen molar-refractivity contribution < 1.29 is 9.21 Å². The molecule has 11 heteroatoms. The van der Waals surface area contributed by atoms with Crippen LogP contribution in [-0.4, -0.2) is 41.9 Å². The molecule has 3 fully saturated rings. The number of hydrogen-bond acceptors (Lipinski definition) is 7. The highest BCUT2D eigenvalue weighted by Crippen LogP contribution is 2.55. The van der Waals surface area contributed by atoms with Crippen LogP contribution in [0.1, 0.15) is 38.0 Å². The summed E-state index contributed by atoms with van der Waals surface area (Å²) in [7, 11) is 1.78. The molecular weight excluding hydrogens is 432 g/mol. The van der Waals surface area contributed by atoms with Gasteiger partial charge in [-0.25, -0.2) is 9.78 Å². The minimum atomic E-state index is -0.648. The monoisotopic (exact) mass is 452 g/mol. The van der Waals surface area contributed by atoms with Crippen LogP contribution >= 0.6 is 11.6 Å². The quantitative estimate of drug-likeness (QED) is 0.641. The molecule has 3 atom stereocenters. The van der Waals surface area contributed by atoms with E-state index in [1.807, 2.05) is 11.0 Å². The Bertz CT molecular complexity index is 1230. The molecule has 2 saturated heterocycles. The van der Waals surface area contributed by atoms with Crippen molar-refractivity contribution in [2.24, 2.45) is 13.0 Å². The maximum absolute atomic E-state index is 13.4. The molecule has 0 spiro atoms. The predicted molar refractivity (Wildman–Crippen MR) is 114 cm³/mol. The van der Waals surface area contributed by atoms with Gasteiger partial charge in [-0.3, -0.25) is 4.68 Å². The molecule has 1 saturated carbocycles. The number of piperidine rings is 1. The first kappa shape index (κ1) is 20.5. The van der Waals surface area contributed by atoms with Gasteiger partial charge in [0.2, 0.25) is 11.8 Å². The number of fused-ring (bicyclic) bond motifs is 2. The fraction of sp³-hybridized carbons (Fsp3) is 0.429. The maximum atomic E-state index is 13.4. The fourth-order valence-corrected chi connectivity index (χ4v) is 5.15. The third-order valence-electron chi connectivity index (χ3n) is 6.13. The highest BCUT2D eigenvalue weighted by Gasteiger charge is 2.62. The minimum absolute atomic E-state index is 0.0450. The number of benzene rings is 1. The number of carbonyl (C=O) groups excluding carboxylic acids is 1. The summed E-state index contributed by atoms with van der Waals surface area (Å²) in [6.45, 7) is 2.16. The van der Waals surface area contributed by atoms with Gasteiger partial charge in [-0.1, -0.05) is 18.5 Å². The van der Waals surface area contributed by atoms with Gasteiger partial charge in [0.15, 0.2) is 5.82 Å². The summed E-state index contributed by atoms with van der Waals surface area (Å²) in [4.78, 5) is 19.4. The Morgan fingerprint density at radius 3 is 3.00 bits per heavy atom. The summed E-state index contributed by atoms with van der Waals surface area (Å²) < 4.78 is 7.37. The van der Waals surface area contributed by atoms with Crippen LogP contribution in [0.4, 0.5) is 10.5 Å². The lowest BCUT2D eigenvalue weighted by molar-refractivity contribution is -0.110. The number of nitrogens with zero attached hydrogens (tertiary/aromatic N) is 7. The molecule has 1 aromatic carbocycles. The minimum Gasteiger partial charge on any atom is -0.422 e. The van der Waals surface area contributed by atoms with Crippen LogP contribution in [0.2, 0.25) is 5.02 Å². The fourth-order valence-electron chi connectivity index (χ4n) is 4.95. The second kappa shape index (κ2) is 7.60. The van der Waals surface area contributed by atoms with Crippen molar-refractivity contribution in [3.05, 3.63) is 41.3 Å². The van der Waals surface area contributed by atoms with Crippen molar-refractivity contribution in [1.82, 2.24) is 29.9 Å². The average Bonchev–Trinajstić information content (AvgIpc) is 3.38. The highest BCUT2D eigenvalue weighted by molar-refractivity contribution is 6.33. The Morgan fingerprint density at radius 2 is 2.25 bits per heavy atom. The van der Waals surface area contributed by atoms with Crippen molar-refractivity contribution in [2.45, 2.75) is 44.2 Å². The zero-order chi connectivity index (χ0) is 22.5. The Morgan fingerprint density at radius 1 is 1.41 bits per heavy atom. The van der Waals surface area contributed by atoms with Gasteiger partial charge in [-0.05, 0) is 37.0 Å². The summed E-state index contributed by atoms with van der Waals surface area (Å²) in [6, 6.07) is 7.09. The largest absolute Gasteiger partial charge is 0.422 e. The average molecular weight is 453 g/mol. The van der Waals surface area contributed by atoms with Crippen LogP contribution in [0.5, 0.6) is 0 Å². The molecule has 2 aromatic heterocycles. The number of anilines is 1. The van der Waals surface area contributed by atoms with Crippen LogP contribution in [0, 0.1) is 17.2 Å². The van der Waals surface area contributed by atoms with Crippen molar-refractivity contribution in [1.29, 1.82) is 5.26 Å². The molecule has 3 unspecified atom stereocenters. The lowest BCUT2D eigenvalue weighted by Crippen LogP contribution is -2.70. The van der Waals surface area contributed by atoms with Crippen LogP contribution in [0.15, 0.2) is 28.9 Å². The molecule has 2 bridgehead atoms. The molecular formula is C21H21ClN8O2. The van der Waals surface area contributed by atoms with E-state index in [0.29, 0.717) is 33.9 Å². The van der Waals surface area contributed by atoms with Gasteiger partial charge < -0.3 is 14.6 Å². The number of nitriles is 1. The van der Waals surface area contributed by atoms with E-state index in [0.717, 1.165) is 19.3 Å². The molecule has 164 valence electrons. The molecule has 2 aliphatic heterocycles. The number of urea groups is 1. The van der Waals surface area contributed by atoms with Gasteiger partial charge >= 0.3 is 6.03 Å². The van der Waals surface area contributed by atoms with Gasteiger partial charge in [0, 0.05) is 30.8 Å². The number of rotatable bonds is 4. The van der Waals surface area contributed by atoms with E-state index in [-0.39, 0.29) is 24.4 Å². The Kier molecular flexibility index (Phi) is 4.86. The maximum Gasteiger partial charge on any atom is 0.323 e. The molecule has 6 rings (SSSR count). The number of aromatic nitrogens is 5. The van der Waals surface area contributed by atoms with E-state index in [4.69, 9.17) is 21.3 Å². The van der Waals surface area contributed by atoms with Gasteiger partial charge in [-0.15, -0.1) is 10.2 Å². The Hall–Kier alpha value is -3.45. The zero-order valence-corrected chi connectivity index (χ0v) is 18.4. The normalized spacial score (nSPS) is 24.0. The molecule has 4 heterocycles. The van der Waals surface area contributed by atoms with Gasteiger partial charge in [0.05, 0.1) is 11.1 Å². The summed E-state index contributed by atoms with van der Waals surface area (Å²) in [5, 5.41) is 24.9. The summed E-state index contributed by atoms with van der Waals surface area (Å²) in [5.41, 5.74) is 0.575. The van der Waals surface area contributed by atoms with Crippen LogP contribution in [0.25, 0.3) is 11.4 Å². The van der Waals surface area contributed by atoms with Crippen molar-refractivity contribution in [2.75, 3.05) is 5.32 Å². The molecule has 0 radical (unpaired) electrons. The number of aryl methyl sites for hydroxylation is 1. The van der Waals surface area contributed by atoms with E-state index in [1.54, 1.807) is 36.3 Å².